The van der Waals surface area contributed by atoms with Gasteiger partial charge in [-0.15, -0.1) is 0 Å². The number of rotatable bonds is 5. The van der Waals surface area contributed by atoms with Gasteiger partial charge in [0, 0.05) is 30.9 Å². The number of likely N-dealkylation sites (N-methyl/N-ethyl adjacent to an activating group) is 1. The van der Waals surface area contributed by atoms with Crippen molar-refractivity contribution in [2.75, 3.05) is 24.0 Å². The highest BCUT2D eigenvalue weighted by Gasteiger charge is 2.38. The molecular formula is C21H19N3O5. The van der Waals surface area contributed by atoms with Gasteiger partial charge in [-0.1, -0.05) is 12.1 Å². The molecule has 0 aromatic heterocycles. The maximum atomic E-state index is 12.9. The number of hydrogen-bond donors (Lipinski definition) is 2. The van der Waals surface area contributed by atoms with Gasteiger partial charge >= 0.3 is 0 Å². The summed E-state index contributed by atoms with van der Waals surface area (Å²) in [6.07, 6.45) is 0. The van der Waals surface area contributed by atoms with Crippen LogP contribution in [0.15, 0.2) is 48.2 Å². The topological polar surface area (TPSA) is 97.0 Å². The second-order valence-electron chi connectivity index (χ2n) is 6.56. The summed E-state index contributed by atoms with van der Waals surface area (Å²) >= 11 is 0. The molecule has 2 aromatic carbocycles. The average Bonchev–Trinajstić information content (AvgIpc) is 3.24. The number of nitrogens with one attached hydrogen (secondary N) is 2. The Hall–Kier alpha value is -3.81. The van der Waals surface area contributed by atoms with Gasteiger partial charge in [-0.05, 0) is 36.8 Å². The standard InChI is InChI=1S/C21H19N3O5/c1-3-24-20(26)18(13-4-6-14(7-5-13)22-12(2)25)19(21(24)27)23-15-8-9-16-17(10-15)29-11-28-16/h4-10,23H,3,11H2,1-2H3,(H,22,25). The lowest BCUT2D eigenvalue weighted by Crippen LogP contribution is -2.32. The van der Waals surface area contributed by atoms with E-state index in [1.165, 1.54) is 11.8 Å². The highest BCUT2D eigenvalue weighted by Crippen LogP contribution is 2.36. The number of carbonyl (C=O) groups is 3. The van der Waals surface area contributed by atoms with Gasteiger partial charge in [0.05, 0.1) is 5.57 Å². The quantitative estimate of drug-likeness (QED) is 0.758. The van der Waals surface area contributed by atoms with Crippen molar-refractivity contribution >= 4 is 34.7 Å². The van der Waals surface area contributed by atoms with Crippen LogP contribution in [0.4, 0.5) is 11.4 Å². The summed E-state index contributed by atoms with van der Waals surface area (Å²) in [4.78, 5) is 38.1. The Labute approximate surface area is 167 Å². The first kappa shape index (κ1) is 18.5. The first-order valence-electron chi connectivity index (χ1n) is 9.13. The average molecular weight is 393 g/mol. The van der Waals surface area contributed by atoms with Crippen molar-refractivity contribution in [1.82, 2.24) is 4.90 Å². The summed E-state index contributed by atoms with van der Waals surface area (Å²) in [6, 6.07) is 12.0. The number of anilines is 2. The number of carbonyl (C=O) groups excluding carboxylic acids is 3. The monoisotopic (exact) mass is 393 g/mol. The Kier molecular flexibility index (Phi) is 4.67. The fourth-order valence-corrected chi connectivity index (χ4v) is 3.29. The van der Waals surface area contributed by atoms with Crippen molar-refractivity contribution in [2.45, 2.75) is 13.8 Å². The van der Waals surface area contributed by atoms with Crippen LogP contribution in [0.1, 0.15) is 19.4 Å². The van der Waals surface area contributed by atoms with Crippen molar-refractivity contribution < 1.29 is 23.9 Å². The van der Waals surface area contributed by atoms with Crippen molar-refractivity contribution in [1.29, 1.82) is 0 Å². The summed E-state index contributed by atoms with van der Waals surface area (Å²) < 4.78 is 10.7. The second-order valence-corrected chi connectivity index (χ2v) is 6.56. The van der Waals surface area contributed by atoms with Gasteiger partial charge < -0.3 is 20.1 Å². The molecule has 2 aromatic rings. The van der Waals surface area contributed by atoms with E-state index in [0.29, 0.717) is 28.4 Å². The normalized spacial score (nSPS) is 15.2. The molecule has 0 radical (unpaired) electrons. The van der Waals surface area contributed by atoms with Crippen LogP contribution >= 0.6 is 0 Å². The molecule has 2 N–H and O–H groups in total. The largest absolute Gasteiger partial charge is 0.454 e. The molecular weight excluding hydrogens is 374 g/mol. The zero-order valence-electron chi connectivity index (χ0n) is 15.9. The molecule has 2 aliphatic rings. The molecule has 4 rings (SSSR count). The fourth-order valence-electron chi connectivity index (χ4n) is 3.29. The number of nitrogens with zero attached hydrogens (tertiary/aromatic N) is 1. The van der Waals surface area contributed by atoms with Crippen molar-refractivity contribution in [2.24, 2.45) is 0 Å². The molecule has 8 nitrogen and oxygen atoms in total. The number of fused-ring (bicyclic) bond motifs is 1. The van der Waals surface area contributed by atoms with Crippen LogP contribution in [0.2, 0.25) is 0 Å². The van der Waals surface area contributed by atoms with Gasteiger partial charge in [-0.3, -0.25) is 19.3 Å². The number of ether oxygens (including phenoxy) is 2. The van der Waals surface area contributed by atoms with E-state index in [1.54, 1.807) is 49.4 Å². The van der Waals surface area contributed by atoms with E-state index in [-0.39, 0.29) is 36.4 Å². The van der Waals surface area contributed by atoms with E-state index in [2.05, 4.69) is 10.6 Å². The zero-order valence-corrected chi connectivity index (χ0v) is 15.9. The van der Waals surface area contributed by atoms with Crippen molar-refractivity contribution in [3.05, 3.63) is 53.7 Å². The van der Waals surface area contributed by atoms with Crippen LogP contribution in [0, 0.1) is 0 Å². The Bertz CT molecular complexity index is 1040. The minimum atomic E-state index is -0.392. The van der Waals surface area contributed by atoms with E-state index < -0.39 is 5.91 Å². The van der Waals surface area contributed by atoms with E-state index in [1.807, 2.05) is 0 Å². The molecule has 3 amide bonds. The third-order valence-corrected chi connectivity index (χ3v) is 4.62. The molecule has 2 aliphatic heterocycles. The minimum Gasteiger partial charge on any atom is -0.454 e. The van der Waals surface area contributed by atoms with Crippen LogP contribution in [0.3, 0.4) is 0 Å². The summed E-state index contributed by atoms with van der Waals surface area (Å²) in [5.41, 5.74) is 2.27. The highest BCUT2D eigenvalue weighted by molar-refractivity contribution is 6.36. The SMILES string of the molecule is CCN1C(=O)C(Nc2ccc3c(c2)OCO3)=C(c2ccc(NC(C)=O)cc2)C1=O. The lowest BCUT2D eigenvalue weighted by molar-refractivity contribution is -0.136. The van der Waals surface area contributed by atoms with E-state index >= 15 is 0 Å². The number of amides is 3. The number of benzene rings is 2. The molecule has 8 heteroatoms. The third kappa shape index (κ3) is 3.40. The van der Waals surface area contributed by atoms with Gasteiger partial charge in [-0.25, -0.2) is 0 Å². The second kappa shape index (κ2) is 7.31. The van der Waals surface area contributed by atoms with Crippen LogP contribution in [-0.4, -0.2) is 36.0 Å². The molecule has 2 heterocycles. The van der Waals surface area contributed by atoms with E-state index in [4.69, 9.17) is 9.47 Å². The summed E-state index contributed by atoms with van der Waals surface area (Å²) in [6.45, 7) is 3.57. The fraction of sp³-hybridized carbons (Fsp3) is 0.190. The predicted octanol–water partition coefficient (Wildman–Crippen LogP) is 2.59. The molecule has 0 aliphatic carbocycles. The maximum Gasteiger partial charge on any atom is 0.278 e. The Balaban J connectivity index is 1.71. The number of imide groups is 1. The third-order valence-electron chi connectivity index (χ3n) is 4.62. The molecule has 148 valence electrons. The lowest BCUT2D eigenvalue weighted by Gasteiger charge is -2.12. The Morgan fingerprint density at radius 2 is 1.69 bits per heavy atom. The first-order valence-corrected chi connectivity index (χ1v) is 9.13. The summed E-state index contributed by atoms with van der Waals surface area (Å²) in [7, 11) is 0. The first-order chi connectivity index (χ1) is 14.0. The smallest absolute Gasteiger partial charge is 0.278 e. The van der Waals surface area contributed by atoms with E-state index in [9.17, 15) is 14.4 Å². The number of hydrogen-bond acceptors (Lipinski definition) is 6. The molecule has 0 saturated carbocycles. The molecule has 0 bridgehead atoms. The van der Waals surface area contributed by atoms with Crippen molar-refractivity contribution in [3.63, 3.8) is 0 Å². The molecule has 29 heavy (non-hydrogen) atoms. The minimum absolute atomic E-state index is 0.147. The maximum absolute atomic E-state index is 12.9. The van der Waals surface area contributed by atoms with Crippen molar-refractivity contribution in [3.8, 4) is 11.5 Å². The van der Waals surface area contributed by atoms with Crippen LogP contribution < -0.4 is 20.1 Å². The van der Waals surface area contributed by atoms with Gasteiger partial charge in [0.1, 0.15) is 5.70 Å². The molecule has 0 fully saturated rings. The summed E-state index contributed by atoms with van der Waals surface area (Å²) in [5, 5.41) is 5.75. The lowest BCUT2D eigenvalue weighted by atomic mass is 10.0. The van der Waals surface area contributed by atoms with Gasteiger partial charge in [0.2, 0.25) is 12.7 Å². The van der Waals surface area contributed by atoms with Gasteiger partial charge in [-0.2, -0.15) is 0 Å². The molecule has 0 unspecified atom stereocenters. The zero-order chi connectivity index (χ0) is 20.5. The van der Waals surface area contributed by atoms with Crippen LogP contribution in [0.5, 0.6) is 11.5 Å². The summed E-state index contributed by atoms with van der Waals surface area (Å²) in [5.74, 6) is 0.249. The predicted molar refractivity (Wildman–Crippen MR) is 106 cm³/mol. The van der Waals surface area contributed by atoms with Crippen LogP contribution in [-0.2, 0) is 14.4 Å². The molecule has 0 atom stereocenters. The van der Waals surface area contributed by atoms with E-state index in [0.717, 1.165) is 0 Å². The Morgan fingerprint density at radius 1 is 1.00 bits per heavy atom. The molecule has 0 spiro atoms. The van der Waals surface area contributed by atoms with Crippen LogP contribution in [0.25, 0.3) is 5.57 Å². The Morgan fingerprint density at radius 3 is 2.38 bits per heavy atom. The van der Waals surface area contributed by atoms with Gasteiger partial charge in [0.15, 0.2) is 11.5 Å². The highest BCUT2D eigenvalue weighted by atomic mass is 16.7. The van der Waals surface area contributed by atoms with Gasteiger partial charge in [0.25, 0.3) is 11.8 Å². The molecule has 0 saturated heterocycles.